The topological polar surface area (TPSA) is 54.9 Å². The number of rotatable bonds is 2. The minimum atomic E-state index is -0.536. The van der Waals surface area contributed by atoms with Crippen molar-refractivity contribution in [2.45, 2.75) is 26.7 Å². The molecule has 0 radical (unpaired) electrons. The van der Waals surface area contributed by atoms with Gasteiger partial charge in [0.2, 0.25) is 0 Å². The maximum atomic E-state index is 12.6. The lowest BCUT2D eigenvalue weighted by molar-refractivity contribution is 0.775. The first kappa shape index (κ1) is 15.1. The number of aromatic nitrogens is 2. The molecule has 0 atom stereocenters. The third kappa shape index (κ3) is 2.60. The third-order valence-corrected chi connectivity index (χ3v) is 3.87. The molecule has 20 heavy (non-hydrogen) atoms. The lowest BCUT2D eigenvalue weighted by Crippen LogP contribution is -2.37. The summed E-state index contributed by atoms with van der Waals surface area (Å²) >= 11 is 9.33. The summed E-state index contributed by atoms with van der Waals surface area (Å²) in [6.45, 7) is 5.56. The van der Waals surface area contributed by atoms with E-state index in [1.165, 1.54) is 0 Å². The number of aromatic amines is 1. The molecule has 0 aliphatic carbocycles. The molecule has 0 bridgehead atoms. The molecule has 106 valence electrons. The first-order valence-corrected chi connectivity index (χ1v) is 7.31. The number of hydrogen-bond donors (Lipinski definition) is 1. The van der Waals surface area contributed by atoms with Crippen LogP contribution in [0.4, 0.5) is 0 Å². The van der Waals surface area contributed by atoms with Gasteiger partial charge < -0.3 is 0 Å². The summed E-state index contributed by atoms with van der Waals surface area (Å²) in [4.78, 5) is 27.2. The summed E-state index contributed by atoms with van der Waals surface area (Å²) in [6.07, 6.45) is 0. The summed E-state index contributed by atoms with van der Waals surface area (Å²) in [6, 6.07) is 5.44. The molecule has 0 aliphatic rings. The fraction of sp³-hybridized carbons (Fsp3) is 0.286. The standard InChI is InChI=1S/C14H14BrClN2O2/c1-7(2)11-12(16)17-14(20)18(13(11)19)10-6-9(15)5-4-8(10)3/h4-7H,1-3H3,(H,17,20). The Morgan fingerprint density at radius 2 is 1.95 bits per heavy atom. The second-order valence-corrected chi connectivity index (χ2v) is 6.18. The molecule has 6 heteroatoms. The van der Waals surface area contributed by atoms with Gasteiger partial charge in [0.15, 0.2) is 0 Å². The molecular formula is C14H14BrClN2O2. The summed E-state index contributed by atoms with van der Waals surface area (Å²) in [7, 11) is 0. The Balaban J connectivity index is 2.88. The van der Waals surface area contributed by atoms with Gasteiger partial charge >= 0.3 is 5.69 Å². The van der Waals surface area contributed by atoms with Crippen molar-refractivity contribution in [3.63, 3.8) is 0 Å². The van der Waals surface area contributed by atoms with Crippen molar-refractivity contribution in [2.75, 3.05) is 0 Å². The molecule has 0 saturated carbocycles. The largest absolute Gasteiger partial charge is 0.334 e. The summed E-state index contributed by atoms with van der Waals surface area (Å²) in [5.41, 5.74) is 0.869. The van der Waals surface area contributed by atoms with Crippen LogP contribution in [0.1, 0.15) is 30.9 Å². The number of halogens is 2. The maximum Gasteiger partial charge on any atom is 0.334 e. The van der Waals surface area contributed by atoms with E-state index >= 15 is 0 Å². The van der Waals surface area contributed by atoms with Gasteiger partial charge in [-0.15, -0.1) is 0 Å². The lowest BCUT2D eigenvalue weighted by atomic mass is 10.1. The highest BCUT2D eigenvalue weighted by Crippen LogP contribution is 2.20. The highest BCUT2D eigenvalue weighted by Gasteiger charge is 2.17. The zero-order valence-electron chi connectivity index (χ0n) is 11.3. The molecule has 1 N–H and O–H groups in total. The van der Waals surface area contributed by atoms with E-state index in [0.29, 0.717) is 11.3 Å². The fourth-order valence-corrected chi connectivity index (χ4v) is 2.80. The quantitative estimate of drug-likeness (QED) is 0.838. The molecule has 2 aromatic rings. The summed E-state index contributed by atoms with van der Waals surface area (Å²) in [5.74, 6) is -0.0782. The van der Waals surface area contributed by atoms with Gasteiger partial charge in [-0.25, -0.2) is 9.36 Å². The van der Waals surface area contributed by atoms with E-state index in [-0.39, 0.29) is 16.6 Å². The molecule has 1 aromatic heterocycles. The molecule has 2 rings (SSSR count). The predicted molar refractivity (Wildman–Crippen MR) is 84.2 cm³/mol. The van der Waals surface area contributed by atoms with Gasteiger partial charge in [0.05, 0.1) is 11.3 Å². The molecule has 0 unspecified atom stereocenters. The molecular weight excluding hydrogens is 344 g/mol. The minimum Gasteiger partial charge on any atom is -0.297 e. The number of benzene rings is 1. The van der Waals surface area contributed by atoms with Gasteiger partial charge in [-0.2, -0.15) is 0 Å². The molecule has 0 saturated heterocycles. The minimum absolute atomic E-state index is 0.0782. The van der Waals surface area contributed by atoms with E-state index < -0.39 is 5.69 Å². The summed E-state index contributed by atoms with van der Waals surface area (Å²) < 4.78 is 1.92. The van der Waals surface area contributed by atoms with E-state index in [4.69, 9.17) is 11.6 Å². The van der Waals surface area contributed by atoms with Gasteiger partial charge in [0.25, 0.3) is 5.56 Å². The first-order chi connectivity index (χ1) is 9.32. The maximum absolute atomic E-state index is 12.6. The molecule has 1 aromatic carbocycles. The van der Waals surface area contributed by atoms with Crippen LogP contribution in [0, 0.1) is 6.92 Å². The molecule has 0 fully saturated rings. The molecule has 0 amide bonds. The molecule has 0 spiro atoms. The van der Waals surface area contributed by atoms with Gasteiger partial charge in [-0.1, -0.05) is 47.4 Å². The van der Waals surface area contributed by atoms with Crippen LogP contribution >= 0.6 is 27.5 Å². The molecule has 1 heterocycles. The zero-order valence-corrected chi connectivity index (χ0v) is 13.7. The average molecular weight is 358 g/mol. The van der Waals surface area contributed by atoms with Crippen molar-refractivity contribution >= 4 is 27.5 Å². The van der Waals surface area contributed by atoms with Gasteiger partial charge in [0, 0.05) is 4.47 Å². The van der Waals surface area contributed by atoms with E-state index in [2.05, 4.69) is 20.9 Å². The Morgan fingerprint density at radius 1 is 1.30 bits per heavy atom. The van der Waals surface area contributed by atoms with Crippen LogP contribution in [0.2, 0.25) is 5.15 Å². The van der Waals surface area contributed by atoms with Crippen molar-refractivity contribution in [2.24, 2.45) is 0 Å². The van der Waals surface area contributed by atoms with Crippen LogP contribution < -0.4 is 11.2 Å². The predicted octanol–water partition coefficient (Wildman–Crippen LogP) is 3.37. The Bertz CT molecular complexity index is 778. The van der Waals surface area contributed by atoms with Crippen molar-refractivity contribution in [3.05, 3.63) is 59.8 Å². The number of H-pyrrole nitrogens is 1. The molecule has 0 aliphatic heterocycles. The van der Waals surface area contributed by atoms with Crippen LogP contribution in [0.5, 0.6) is 0 Å². The fourth-order valence-electron chi connectivity index (χ4n) is 2.07. The SMILES string of the molecule is Cc1ccc(Br)cc1-n1c(=O)[nH]c(Cl)c(C(C)C)c1=O. The van der Waals surface area contributed by atoms with Gasteiger partial charge in [-0.05, 0) is 30.5 Å². The van der Waals surface area contributed by atoms with Crippen LogP contribution in [0.3, 0.4) is 0 Å². The van der Waals surface area contributed by atoms with Crippen molar-refractivity contribution in [3.8, 4) is 5.69 Å². The van der Waals surface area contributed by atoms with E-state index in [0.717, 1.165) is 14.6 Å². The second-order valence-electron chi connectivity index (χ2n) is 4.88. The third-order valence-electron chi connectivity index (χ3n) is 3.08. The Hall–Kier alpha value is -1.33. The smallest absolute Gasteiger partial charge is 0.297 e. The number of nitrogens with one attached hydrogen (secondary N) is 1. The number of aryl methyl sites for hydroxylation is 1. The van der Waals surface area contributed by atoms with E-state index in [9.17, 15) is 9.59 Å². The van der Waals surface area contributed by atoms with E-state index in [1.54, 1.807) is 6.07 Å². The lowest BCUT2D eigenvalue weighted by Gasteiger charge is -2.13. The van der Waals surface area contributed by atoms with Crippen molar-refractivity contribution < 1.29 is 0 Å². The number of nitrogens with zero attached hydrogens (tertiary/aromatic N) is 1. The Kier molecular flexibility index (Phi) is 4.20. The highest BCUT2D eigenvalue weighted by atomic mass is 79.9. The molecule has 4 nitrogen and oxygen atoms in total. The summed E-state index contributed by atoms with van der Waals surface area (Å²) in [5, 5.41) is 0.110. The van der Waals surface area contributed by atoms with Crippen LogP contribution in [-0.2, 0) is 0 Å². The van der Waals surface area contributed by atoms with Crippen LogP contribution in [-0.4, -0.2) is 9.55 Å². The van der Waals surface area contributed by atoms with Crippen LogP contribution in [0.15, 0.2) is 32.3 Å². The first-order valence-electron chi connectivity index (χ1n) is 6.14. The van der Waals surface area contributed by atoms with Crippen molar-refractivity contribution in [1.29, 1.82) is 0 Å². The Labute approximate surface area is 129 Å². The highest BCUT2D eigenvalue weighted by molar-refractivity contribution is 9.10. The zero-order chi connectivity index (χ0) is 15.0. The van der Waals surface area contributed by atoms with Gasteiger partial charge in [0.1, 0.15) is 5.15 Å². The second kappa shape index (κ2) is 5.58. The van der Waals surface area contributed by atoms with Gasteiger partial charge in [-0.3, -0.25) is 9.78 Å². The normalized spacial score (nSPS) is 11.1. The van der Waals surface area contributed by atoms with Crippen molar-refractivity contribution in [1.82, 2.24) is 9.55 Å². The Morgan fingerprint density at radius 3 is 2.55 bits per heavy atom. The average Bonchev–Trinajstić information content (AvgIpc) is 2.32. The van der Waals surface area contributed by atoms with E-state index in [1.807, 2.05) is 32.9 Å². The monoisotopic (exact) mass is 356 g/mol. The number of hydrogen-bond acceptors (Lipinski definition) is 2. The van der Waals surface area contributed by atoms with Crippen LogP contribution in [0.25, 0.3) is 5.69 Å².